The van der Waals surface area contributed by atoms with Crippen molar-refractivity contribution in [1.29, 1.82) is 0 Å². The van der Waals surface area contributed by atoms with Crippen molar-refractivity contribution in [2.45, 2.75) is 13.0 Å². The zero-order chi connectivity index (χ0) is 15.5. The van der Waals surface area contributed by atoms with Gasteiger partial charge in [0.1, 0.15) is 0 Å². The molecule has 1 aliphatic heterocycles. The van der Waals surface area contributed by atoms with Crippen LogP contribution in [0.1, 0.15) is 27.5 Å². The van der Waals surface area contributed by atoms with Crippen LogP contribution in [-0.4, -0.2) is 25.5 Å². The molecule has 0 saturated carbocycles. The molecule has 1 atom stereocenters. The number of rotatable bonds is 3. The fraction of sp³-hybridized carbons (Fsp3) is 0.278. The molecule has 1 saturated heterocycles. The molecule has 4 heteroatoms. The quantitative estimate of drug-likeness (QED) is 0.913. The van der Waals surface area contributed by atoms with Gasteiger partial charge in [-0.05, 0) is 36.2 Å². The number of nitrogens with zero attached hydrogens (tertiary/aromatic N) is 1. The minimum Gasteiger partial charge on any atom is -0.366 e. The molecule has 0 aliphatic carbocycles. The standard InChI is InChI=1S/C18H21N3O/c1-13-11-15(18(19)22)7-8-16(13)21-10-9-20-12-17(21)14-5-3-2-4-6-14/h2-8,11,17,20H,9-10,12H2,1H3,(H2,19,22)/t17-/m0/s1. The smallest absolute Gasteiger partial charge is 0.248 e. The van der Waals surface area contributed by atoms with Crippen molar-refractivity contribution in [2.24, 2.45) is 5.73 Å². The van der Waals surface area contributed by atoms with Crippen molar-refractivity contribution in [2.75, 3.05) is 24.5 Å². The van der Waals surface area contributed by atoms with Crippen LogP contribution in [0.15, 0.2) is 48.5 Å². The van der Waals surface area contributed by atoms with Gasteiger partial charge in [0.15, 0.2) is 0 Å². The van der Waals surface area contributed by atoms with Gasteiger partial charge in [0.25, 0.3) is 0 Å². The number of piperazine rings is 1. The van der Waals surface area contributed by atoms with Crippen LogP contribution in [-0.2, 0) is 0 Å². The zero-order valence-corrected chi connectivity index (χ0v) is 12.8. The molecule has 114 valence electrons. The van der Waals surface area contributed by atoms with E-state index in [0.717, 1.165) is 25.2 Å². The van der Waals surface area contributed by atoms with Gasteiger partial charge >= 0.3 is 0 Å². The highest BCUT2D eigenvalue weighted by molar-refractivity contribution is 5.93. The lowest BCUT2D eigenvalue weighted by Gasteiger charge is -2.39. The van der Waals surface area contributed by atoms with Gasteiger partial charge in [0, 0.05) is 30.9 Å². The number of anilines is 1. The van der Waals surface area contributed by atoms with E-state index in [2.05, 4.69) is 34.5 Å². The number of benzene rings is 2. The van der Waals surface area contributed by atoms with E-state index in [4.69, 9.17) is 5.73 Å². The first-order valence-corrected chi connectivity index (χ1v) is 7.59. The van der Waals surface area contributed by atoms with Crippen molar-refractivity contribution < 1.29 is 4.79 Å². The molecular formula is C18H21N3O. The third-order valence-corrected chi connectivity index (χ3v) is 4.22. The predicted octanol–water partition coefficient (Wildman–Crippen LogP) is 2.24. The Morgan fingerprint density at radius 1 is 1.23 bits per heavy atom. The fourth-order valence-electron chi connectivity index (χ4n) is 3.10. The minimum absolute atomic E-state index is 0.299. The van der Waals surface area contributed by atoms with Gasteiger partial charge in [-0.2, -0.15) is 0 Å². The summed E-state index contributed by atoms with van der Waals surface area (Å²) < 4.78 is 0. The summed E-state index contributed by atoms with van der Waals surface area (Å²) in [7, 11) is 0. The second-order valence-electron chi connectivity index (χ2n) is 5.69. The van der Waals surface area contributed by atoms with Crippen LogP contribution >= 0.6 is 0 Å². The number of carbonyl (C=O) groups excluding carboxylic acids is 1. The van der Waals surface area contributed by atoms with E-state index >= 15 is 0 Å². The fourth-order valence-corrected chi connectivity index (χ4v) is 3.10. The Kier molecular flexibility index (Phi) is 4.11. The average molecular weight is 295 g/mol. The van der Waals surface area contributed by atoms with Gasteiger partial charge in [-0.3, -0.25) is 4.79 Å². The maximum absolute atomic E-state index is 11.3. The summed E-state index contributed by atoms with van der Waals surface area (Å²) in [4.78, 5) is 13.7. The Morgan fingerprint density at radius 2 is 2.00 bits per heavy atom. The minimum atomic E-state index is -0.380. The number of hydrogen-bond acceptors (Lipinski definition) is 3. The van der Waals surface area contributed by atoms with Gasteiger partial charge in [0.2, 0.25) is 5.91 Å². The molecule has 1 amide bonds. The normalized spacial score (nSPS) is 18.2. The van der Waals surface area contributed by atoms with Crippen LogP contribution in [0.4, 0.5) is 5.69 Å². The Bertz CT molecular complexity index is 669. The molecular weight excluding hydrogens is 274 g/mol. The van der Waals surface area contributed by atoms with E-state index < -0.39 is 0 Å². The third-order valence-electron chi connectivity index (χ3n) is 4.22. The monoisotopic (exact) mass is 295 g/mol. The van der Waals surface area contributed by atoms with E-state index in [-0.39, 0.29) is 5.91 Å². The van der Waals surface area contributed by atoms with Crippen LogP contribution in [0.25, 0.3) is 0 Å². The zero-order valence-electron chi connectivity index (χ0n) is 12.8. The largest absolute Gasteiger partial charge is 0.366 e. The highest BCUT2D eigenvalue weighted by Gasteiger charge is 2.25. The third kappa shape index (κ3) is 2.83. The van der Waals surface area contributed by atoms with Gasteiger partial charge < -0.3 is 16.0 Å². The maximum Gasteiger partial charge on any atom is 0.248 e. The van der Waals surface area contributed by atoms with Crippen LogP contribution < -0.4 is 16.0 Å². The molecule has 1 fully saturated rings. The lowest BCUT2D eigenvalue weighted by Crippen LogP contribution is -2.46. The molecule has 4 nitrogen and oxygen atoms in total. The molecule has 0 spiro atoms. The first kappa shape index (κ1) is 14.6. The van der Waals surface area contributed by atoms with Crippen molar-refractivity contribution in [3.63, 3.8) is 0 Å². The number of primary amides is 1. The van der Waals surface area contributed by atoms with Crippen LogP contribution in [0.2, 0.25) is 0 Å². The topological polar surface area (TPSA) is 58.4 Å². The second kappa shape index (κ2) is 6.20. The maximum atomic E-state index is 11.3. The molecule has 0 bridgehead atoms. The van der Waals surface area contributed by atoms with Gasteiger partial charge in [-0.15, -0.1) is 0 Å². The molecule has 2 aromatic rings. The molecule has 0 unspecified atom stereocenters. The van der Waals surface area contributed by atoms with Crippen molar-refractivity contribution in [1.82, 2.24) is 5.32 Å². The summed E-state index contributed by atoms with van der Waals surface area (Å²) in [6.45, 7) is 4.85. The van der Waals surface area contributed by atoms with Crippen LogP contribution in [0.5, 0.6) is 0 Å². The Balaban J connectivity index is 1.96. The number of nitrogens with two attached hydrogens (primary N) is 1. The van der Waals surface area contributed by atoms with Crippen LogP contribution in [0, 0.1) is 6.92 Å². The summed E-state index contributed by atoms with van der Waals surface area (Å²) >= 11 is 0. The summed E-state index contributed by atoms with van der Waals surface area (Å²) in [5.41, 5.74) is 9.48. The van der Waals surface area contributed by atoms with E-state index in [1.165, 1.54) is 11.3 Å². The Morgan fingerprint density at radius 3 is 2.68 bits per heavy atom. The summed E-state index contributed by atoms with van der Waals surface area (Å²) in [6.07, 6.45) is 0. The molecule has 22 heavy (non-hydrogen) atoms. The average Bonchev–Trinajstić information content (AvgIpc) is 2.55. The van der Waals surface area contributed by atoms with E-state index in [1.807, 2.05) is 31.2 Å². The molecule has 1 heterocycles. The number of aryl methyl sites for hydroxylation is 1. The molecule has 3 N–H and O–H groups in total. The first-order valence-electron chi connectivity index (χ1n) is 7.59. The summed E-state index contributed by atoms with van der Waals surface area (Å²) in [5, 5.41) is 3.47. The predicted molar refractivity (Wildman–Crippen MR) is 89.1 cm³/mol. The summed E-state index contributed by atoms with van der Waals surface area (Å²) in [5.74, 6) is -0.380. The Labute approximate surface area is 130 Å². The molecule has 0 aromatic heterocycles. The number of nitrogens with one attached hydrogen (secondary N) is 1. The summed E-state index contributed by atoms with van der Waals surface area (Å²) in [6, 6.07) is 16.5. The highest BCUT2D eigenvalue weighted by atomic mass is 16.1. The van der Waals surface area contributed by atoms with E-state index in [9.17, 15) is 4.79 Å². The molecule has 1 aliphatic rings. The number of amides is 1. The first-order chi connectivity index (χ1) is 10.7. The highest BCUT2D eigenvalue weighted by Crippen LogP contribution is 2.31. The SMILES string of the molecule is Cc1cc(C(N)=O)ccc1N1CCNC[C@H]1c1ccccc1. The van der Waals surface area contributed by atoms with Crippen molar-refractivity contribution >= 4 is 11.6 Å². The lowest BCUT2D eigenvalue weighted by atomic mass is 10.0. The number of carbonyl (C=O) groups is 1. The van der Waals surface area contributed by atoms with E-state index in [1.54, 1.807) is 0 Å². The van der Waals surface area contributed by atoms with E-state index in [0.29, 0.717) is 11.6 Å². The van der Waals surface area contributed by atoms with Gasteiger partial charge in [-0.25, -0.2) is 0 Å². The molecule has 3 rings (SSSR count). The van der Waals surface area contributed by atoms with Crippen molar-refractivity contribution in [3.05, 3.63) is 65.2 Å². The second-order valence-corrected chi connectivity index (χ2v) is 5.69. The molecule has 2 aromatic carbocycles. The lowest BCUT2D eigenvalue weighted by molar-refractivity contribution is 0.1000. The van der Waals surface area contributed by atoms with Crippen LogP contribution in [0.3, 0.4) is 0 Å². The number of hydrogen-bond donors (Lipinski definition) is 2. The van der Waals surface area contributed by atoms with Gasteiger partial charge in [0.05, 0.1) is 6.04 Å². The van der Waals surface area contributed by atoms with Gasteiger partial charge in [-0.1, -0.05) is 30.3 Å². The Hall–Kier alpha value is -2.33. The molecule has 0 radical (unpaired) electrons. The van der Waals surface area contributed by atoms with Crippen molar-refractivity contribution in [3.8, 4) is 0 Å².